The van der Waals surface area contributed by atoms with Crippen LogP contribution in [0.25, 0.3) is 0 Å². The van der Waals surface area contributed by atoms with Crippen molar-refractivity contribution >= 4 is 0 Å². The molecule has 5 rings (SSSR count). The van der Waals surface area contributed by atoms with Crippen molar-refractivity contribution in [2.45, 2.75) is 142 Å². The minimum Gasteiger partial charge on any atom is -0.510 e. The molecule has 6 N–H and O–H groups in total. The van der Waals surface area contributed by atoms with Gasteiger partial charge in [0.2, 0.25) is 0 Å². The Hall–Kier alpha value is -0.740. The Balaban J connectivity index is 1.31. The first-order valence-corrected chi connectivity index (χ1v) is 16.4. The molecule has 3 saturated carbocycles. The van der Waals surface area contributed by atoms with Crippen LogP contribution in [0.15, 0.2) is 11.3 Å². The lowest BCUT2D eigenvalue weighted by Gasteiger charge is -2.60. The summed E-state index contributed by atoms with van der Waals surface area (Å²) in [5.41, 5.74) is 0.815. The standard InChI is InChI=1S/C33H56O8/c1-17(2)7-6-8-18(3)20-9-10-21-25-22(12-14-32(20,21)4)33(5)13-11-19(15-23(33)26(35)28(25)37)40-31-30(39)29(38)27(36)24(16-34)41-31/h17-22,24-25,27-31,34-39H,6-16H2,1-5H3/t18-,19+,20-,21+,22+,24-,25+,27+,28?,29-,30+,31+,32-,33-/m1/s1. The third-order valence-electron chi connectivity index (χ3n) is 12.6. The van der Waals surface area contributed by atoms with Gasteiger partial charge in [0.1, 0.15) is 36.3 Å². The van der Waals surface area contributed by atoms with E-state index in [1.54, 1.807) is 0 Å². The molecule has 1 saturated heterocycles. The van der Waals surface area contributed by atoms with Crippen molar-refractivity contribution in [2.75, 3.05) is 6.61 Å². The maximum absolute atomic E-state index is 11.7. The monoisotopic (exact) mass is 580 g/mol. The molecule has 41 heavy (non-hydrogen) atoms. The zero-order valence-electron chi connectivity index (χ0n) is 25.8. The van der Waals surface area contributed by atoms with Crippen molar-refractivity contribution in [1.82, 2.24) is 0 Å². The summed E-state index contributed by atoms with van der Waals surface area (Å²) in [6.45, 7) is 11.3. The summed E-state index contributed by atoms with van der Waals surface area (Å²) in [6, 6.07) is 0. The molecule has 0 amide bonds. The first kappa shape index (κ1) is 31.7. The van der Waals surface area contributed by atoms with Crippen molar-refractivity contribution in [1.29, 1.82) is 0 Å². The Morgan fingerprint density at radius 1 is 0.902 bits per heavy atom. The van der Waals surface area contributed by atoms with Gasteiger partial charge in [-0.15, -0.1) is 0 Å². The summed E-state index contributed by atoms with van der Waals surface area (Å²) < 4.78 is 11.7. The molecule has 4 fully saturated rings. The maximum Gasteiger partial charge on any atom is 0.186 e. The number of fused-ring (bicyclic) bond motifs is 5. The lowest BCUT2D eigenvalue weighted by Crippen LogP contribution is -2.60. The second-order valence-corrected chi connectivity index (χ2v) is 15.2. The molecule has 8 nitrogen and oxygen atoms in total. The minimum absolute atomic E-state index is 0.0540. The average Bonchev–Trinajstić information content (AvgIpc) is 3.29. The fourth-order valence-corrected chi connectivity index (χ4v) is 10.2. The highest BCUT2D eigenvalue weighted by molar-refractivity contribution is 5.31. The number of hydrogen-bond acceptors (Lipinski definition) is 8. The quantitative estimate of drug-likeness (QED) is 0.253. The molecule has 0 spiro atoms. The van der Waals surface area contributed by atoms with Crippen LogP contribution >= 0.6 is 0 Å². The van der Waals surface area contributed by atoms with E-state index < -0.39 is 43.4 Å². The van der Waals surface area contributed by atoms with Crippen molar-refractivity contribution in [3.8, 4) is 0 Å². The molecular formula is C33H56O8. The number of aliphatic hydroxyl groups is 6. The van der Waals surface area contributed by atoms with Crippen LogP contribution in [0, 0.1) is 46.3 Å². The Morgan fingerprint density at radius 2 is 1.63 bits per heavy atom. The van der Waals surface area contributed by atoms with E-state index in [1.165, 1.54) is 32.1 Å². The van der Waals surface area contributed by atoms with Crippen molar-refractivity contribution in [3.63, 3.8) is 0 Å². The van der Waals surface area contributed by atoms with Gasteiger partial charge in [0.05, 0.1) is 12.7 Å². The number of ether oxygens (including phenoxy) is 2. The Morgan fingerprint density at radius 3 is 2.32 bits per heavy atom. The van der Waals surface area contributed by atoms with Gasteiger partial charge in [-0.2, -0.15) is 0 Å². The molecule has 1 unspecified atom stereocenters. The summed E-state index contributed by atoms with van der Waals surface area (Å²) in [4.78, 5) is 0. The molecule has 5 aliphatic rings. The van der Waals surface area contributed by atoms with E-state index in [9.17, 15) is 30.6 Å². The van der Waals surface area contributed by atoms with Gasteiger partial charge in [-0.1, -0.05) is 53.9 Å². The van der Waals surface area contributed by atoms with Crippen LogP contribution in [0.2, 0.25) is 0 Å². The van der Waals surface area contributed by atoms with Crippen molar-refractivity contribution in [3.05, 3.63) is 11.3 Å². The van der Waals surface area contributed by atoms with Gasteiger partial charge < -0.3 is 40.1 Å². The lowest BCUT2D eigenvalue weighted by molar-refractivity contribution is -0.313. The molecule has 8 heteroatoms. The SMILES string of the molecule is CC(C)CCC[C@@H](C)[C@H]1CC[C@H]2[C@@H]3C(O)C(O)=C4C[C@@H](O[C@H]5O[C@H](CO)[C@H](O)[C@@H](O)[C@@H]5O)CC[C@]4(C)[C@H]3CC[C@]12C. The highest BCUT2D eigenvalue weighted by Crippen LogP contribution is 2.68. The highest BCUT2D eigenvalue weighted by atomic mass is 16.7. The van der Waals surface area contributed by atoms with Crippen LogP contribution in [-0.4, -0.2) is 80.2 Å². The Bertz CT molecular complexity index is 952. The van der Waals surface area contributed by atoms with E-state index in [0.717, 1.165) is 30.8 Å². The van der Waals surface area contributed by atoms with E-state index in [-0.39, 0.29) is 28.6 Å². The van der Waals surface area contributed by atoms with Crippen LogP contribution in [0.3, 0.4) is 0 Å². The number of rotatable bonds is 8. The molecule has 236 valence electrons. The molecule has 4 aliphatic carbocycles. The average molecular weight is 581 g/mol. The second-order valence-electron chi connectivity index (χ2n) is 15.2. The van der Waals surface area contributed by atoms with Crippen LogP contribution in [0.1, 0.15) is 98.8 Å². The summed E-state index contributed by atoms with van der Waals surface area (Å²) in [6.07, 6.45) is 2.40. The van der Waals surface area contributed by atoms with Crippen molar-refractivity contribution < 1.29 is 40.1 Å². The van der Waals surface area contributed by atoms with Crippen LogP contribution in [-0.2, 0) is 9.47 Å². The second kappa shape index (κ2) is 12.0. The predicted molar refractivity (Wildman–Crippen MR) is 155 cm³/mol. The first-order valence-electron chi connectivity index (χ1n) is 16.4. The smallest absolute Gasteiger partial charge is 0.186 e. The van der Waals surface area contributed by atoms with Gasteiger partial charge in [-0.3, -0.25) is 0 Å². The van der Waals surface area contributed by atoms with Gasteiger partial charge in [-0.25, -0.2) is 0 Å². The van der Waals surface area contributed by atoms with Gasteiger partial charge >= 0.3 is 0 Å². The van der Waals surface area contributed by atoms with E-state index in [1.807, 2.05) is 0 Å². The van der Waals surface area contributed by atoms with Gasteiger partial charge in [0, 0.05) is 0 Å². The number of aliphatic hydroxyl groups excluding tert-OH is 6. The molecule has 0 radical (unpaired) electrons. The van der Waals surface area contributed by atoms with Crippen molar-refractivity contribution in [2.24, 2.45) is 46.3 Å². The Kier molecular flexibility index (Phi) is 9.26. The fraction of sp³-hybridized carbons (Fsp3) is 0.939. The summed E-state index contributed by atoms with van der Waals surface area (Å²) in [5, 5.41) is 63.6. The fourth-order valence-electron chi connectivity index (χ4n) is 10.2. The first-order chi connectivity index (χ1) is 19.3. The van der Waals surface area contributed by atoms with Crippen LogP contribution < -0.4 is 0 Å². The third kappa shape index (κ3) is 5.42. The third-order valence-corrected chi connectivity index (χ3v) is 12.6. The van der Waals surface area contributed by atoms with E-state index in [4.69, 9.17) is 9.47 Å². The maximum atomic E-state index is 11.7. The minimum atomic E-state index is -1.49. The molecule has 14 atom stereocenters. The molecule has 0 aromatic carbocycles. The Labute approximate surface area is 246 Å². The highest BCUT2D eigenvalue weighted by Gasteiger charge is 2.63. The predicted octanol–water partition coefficient (Wildman–Crippen LogP) is 4.07. The topological polar surface area (TPSA) is 140 Å². The zero-order chi connectivity index (χ0) is 29.9. The van der Waals surface area contributed by atoms with Crippen LogP contribution in [0.5, 0.6) is 0 Å². The molecule has 0 aromatic heterocycles. The van der Waals surface area contributed by atoms with E-state index >= 15 is 0 Å². The number of hydrogen-bond donors (Lipinski definition) is 6. The normalized spacial score (nSPS) is 49.0. The molecule has 1 aliphatic heterocycles. The van der Waals surface area contributed by atoms with Gasteiger partial charge in [0.25, 0.3) is 0 Å². The molecule has 0 bridgehead atoms. The zero-order valence-corrected chi connectivity index (χ0v) is 25.8. The summed E-state index contributed by atoms with van der Waals surface area (Å²) in [5.74, 6) is 2.93. The van der Waals surface area contributed by atoms with Gasteiger partial charge in [-0.05, 0) is 96.9 Å². The molecular weight excluding hydrogens is 524 g/mol. The summed E-state index contributed by atoms with van der Waals surface area (Å²) in [7, 11) is 0. The lowest BCUT2D eigenvalue weighted by atomic mass is 9.46. The molecule has 0 aromatic rings. The van der Waals surface area contributed by atoms with Crippen LogP contribution in [0.4, 0.5) is 0 Å². The summed E-state index contributed by atoms with van der Waals surface area (Å²) >= 11 is 0. The van der Waals surface area contributed by atoms with Gasteiger partial charge in [0.15, 0.2) is 6.29 Å². The molecule has 1 heterocycles. The van der Waals surface area contributed by atoms with E-state index in [2.05, 4.69) is 34.6 Å². The largest absolute Gasteiger partial charge is 0.510 e. The van der Waals surface area contributed by atoms with E-state index in [0.29, 0.717) is 36.5 Å².